The van der Waals surface area contributed by atoms with Crippen molar-refractivity contribution in [3.8, 4) is 0 Å². The fourth-order valence-electron chi connectivity index (χ4n) is 0.671. The van der Waals surface area contributed by atoms with Gasteiger partial charge in [-0.3, -0.25) is 4.18 Å². The summed E-state index contributed by atoms with van der Waals surface area (Å²) in [6.45, 7) is 3.42. The first-order valence-corrected chi connectivity index (χ1v) is 5.71. The lowest BCUT2D eigenvalue weighted by Crippen LogP contribution is -2.33. The van der Waals surface area contributed by atoms with Crippen molar-refractivity contribution < 1.29 is 17.7 Å². The van der Waals surface area contributed by atoms with Crippen LogP contribution in [-0.2, 0) is 14.3 Å². The second-order valence-electron chi connectivity index (χ2n) is 2.90. The zero-order valence-electron chi connectivity index (χ0n) is 7.70. The Morgan fingerprint density at radius 1 is 1.33 bits per heavy atom. The summed E-state index contributed by atoms with van der Waals surface area (Å²) in [6, 6.07) is 0. The van der Waals surface area contributed by atoms with E-state index in [0.717, 1.165) is 6.26 Å². The first kappa shape index (κ1) is 11.9. The van der Waals surface area contributed by atoms with Gasteiger partial charge in [0.2, 0.25) is 0 Å². The maximum absolute atomic E-state index is 10.6. The minimum atomic E-state index is -3.44. The molecule has 0 fully saturated rings. The standard InChI is InChI=1S/C7H16O4S/c1-4-7(8,5-2)6-11-12(3,9)10/h8H,4-6H2,1-3H3. The van der Waals surface area contributed by atoms with Gasteiger partial charge >= 0.3 is 0 Å². The van der Waals surface area contributed by atoms with Crippen LogP contribution in [-0.4, -0.2) is 32.0 Å². The van der Waals surface area contributed by atoms with Gasteiger partial charge in [0.25, 0.3) is 10.1 Å². The van der Waals surface area contributed by atoms with Gasteiger partial charge in [0.05, 0.1) is 18.5 Å². The van der Waals surface area contributed by atoms with Gasteiger partial charge < -0.3 is 5.11 Å². The van der Waals surface area contributed by atoms with Gasteiger partial charge in [0.1, 0.15) is 0 Å². The van der Waals surface area contributed by atoms with E-state index in [4.69, 9.17) is 0 Å². The molecule has 0 radical (unpaired) electrons. The minimum absolute atomic E-state index is 0.154. The summed E-state index contributed by atoms with van der Waals surface area (Å²) >= 11 is 0. The Bertz CT molecular complexity index is 216. The Kier molecular flexibility index (Phi) is 4.16. The van der Waals surface area contributed by atoms with Crippen LogP contribution in [0.4, 0.5) is 0 Å². The average molecular weight is 196 g/mol. The van der Waals surface area contributed by atoms with E-state index < -0.39 is 15.7 Å². The Hall–Kier alpha value is -0.130. The third-order valence-corrected chi connectivity index (χ3v) is 2.40. The topological polar surface area (TPSA) is 63.6 Å². The summed E-state index contributed by atoms with van der Waals surface area (Å²) in [4.78, 5) is 0. The molecule has 0 spiro atoms. The molecule has 12 heavy (non-hydrogen) atoms. The third-order valence-electron chi connectivity index (χ3n) is 1.86. The van der Waals surface area contributed by atoms with Gasteiger partial charge in [-0.05, 0) is 12.8 Å². The Morgan fingerprint density at radius 2 is 1.75 bits per heavy atom. The molecule has 0 aromatic heterocycles. The first-order valence-electron chi connectivity index (χ1n) is 3.90. The van der Waals surface area contributed by atoms with Gasteiger partial charge in [-0.15, -0.1) is 0 Å². The quantitative estimate of drug-likeness (QED) is 0.651. The molecule has 0 aliphatic carbocycles. The molecule has 0 saturated carbocycles. The number of hydrogen-bond acceptors (Lipinski definition) is 4. The highest BCUT2D eigenvalue weighted by molar-refractivity contribution is 7.85. The Labute approximate surface area is 73.7 Å². The van der Waals surface area contributed by atoms with Crippen molar-refractivity contribution in [1.29, 1.82) is 0 Å². The summed E-state index contributed by atoms with van der Waals surface area (Å²) in [6.07, 6.45) is 1.94. The fraction of sp³-hybridized carbons (Fsp3) is 1.00. The second kappa shape index (κ2) is 4.20. The summed E-state index contributed by atoms with van der Waals surface area (Å²) in [5.41, 5.74) is -1.01. The van der Waals surface area contributed by atoms with Crippen LogP contribution in [0.1, 0.15) is 26.7 Å². The molecule has 4 nitrogen and oxygen atoms in total. The van der Waals surface area contributed by atoms with E-state index in [1.165, 1.54) is 0 Å². The molecule has 0 aromatic carbocycles. The normalized spacial score (nSPS) is 13.3. The van der Waals surface area contributed by atoms with Crippen LogP contribution in [0.15, 0.2) is 0 Å². The number of hydrogen-bond donors (Lipinski definition) is 1. The fourth-order valence-corrected chi connectivity index (χ4v) is 1.10. The van der Waals surface area contributed by atoms with Gasteiger partial charge in [-0.25, -0.2) is 0 Å². The Morgan fingerprint density at radius 3 is 2.00 bits per heavy atom. The van der Waals surface area contributed by atoms with Crippen LogP contribution in [0.3, 0.4) is 0 Å². The predicted octanol–water partition coefficient (Wildman–Crippen LogP) is 0.514. The molecule has 0 aliphatic heterocycles. The summed E-state index contributed by atoms with van der Waals surface area (Å²) in [7, 11) is -3.44. The van der Waals surface area contributed by atoms with E-state index in [9.17, 15) is 13.5 Å². The molecule has 0 unspecified atom stereocenters. The van der Waals surface area contributed by atoms with Gasteiger partial charge in [0.15, 0.2) is 0 Å². The summed E-state index contributed by atoms with van der Waals surface area (Å²) in [5.74, 6) is 0. The molecule has 0 saturated heterocycles. The van der Waals surface area contributed by atoms with Crippen LogP contribution in [0, 0.1) is 0 Å². The molecule has 0 rings (SSSR count). The van der Waals surface area contributed by atoms with Crippen LogP contribution >= 0.6 is 0 Å². The van der Waals surface area contributed by atoms with Crippen LogP contribution in [0.2, 0.25) is 0 Å². The molecule has 0 atom stereocenters. The summed E-state index contributed by atoms with van der Waals surface area (Å²) < 4.78 is 25.7. The van der Waals surface area contributed by atoms with Gasteiger partial charge in [-0.2, -0.15) is 8.42 Å². The smallest absolute Gasteiger partial charge is 0.264 e. The van der Waals surface area contributed by atoms with E-state index in [0.29, 0.717) is 12.8 Å². The van der Waals surface area contributed by atoms with E-state index in [2.05, 4.69) is 4.18 Å². The van der Waals surface area contributed by atoms with Crippen molar-refractivity contribution in [3.63, 3.8) is 0 Å². The molecule has 0 aliphatic rings. The van der Waals surface area contributed by atoms with Crippen molar-refractivity contribution in [1.82, 2.24) is 0 Å². The lowest BCUT2D eigenvalue weighted by Gasteiger charge is -2.23. The molecular weight excluding hydrogens is 180 g/mol. The molecular formula is C7H16O4S. The van der Waals surface area contributed by atoms with Crippen molar-refractivity contribution in [2.75, 3.05) is 12.9 Å². The zero-order chi connectivity index (χ0) is 9.83. The summed E-state index contributed by atoms with van der Waals surface area (Å²) in [5, 5.41) is 9.60. The molecule has 0 aromatic rings. The van der Waals surface area contributed by atoms with Crippen molar-refractivity contribution in [2.24, 2.45) is 0 Å². The highest BCUT2D eigenvalue weighted by Crippen LogP contribution is 2.15. The molecule has 0 heterocycles. The Balaban J connectivity index is 4.07. The SMILES string of the molecule is CCC(O)(CC)COS(C)(=O)=O. The van der Waals surface area contributed by atoms with E-state index >= 15 is 0 Å². The molecule has 74 valence electrons. The van der Waals surface area contributed by atoms with Gasteiger partial charge in [-0.1, -0.05) is 13.8 Å². The van der Waals surface area contributed by atoms with E-state index in [1.807, 2.05) is 0 Å². The van der Waals surface area contributed by atoms with Crippen molar-refractivity contribution >= 4 is 10.1 Å². The highest BCUT2D eigenvalue weighted by atomic mass is 32.2. The van der Waals surface area contributed by atoms with E-state index in [-0.39, 0.29) is 6.61 Å². The van der Waals surface area contributed by atoms with Crippen molar-refractivity contribution in [2.45, 2.75) is 32.3 Å². The van der Waals surface area contributed by atoms with Gasteiger partial charge in [0, 0.05) is 0 Å². The third kappa shape index (κ3) is 4.69. The zero-order valence-corrected chi connectivity index (χ0v) is 8.52. The highest BCUT2D eigenvalue weighted by Gasteiger charge is 2.24. The van der Waals surface area contributed by atoms with Crippen molar-refractivity contribution in [3.05, 3.63) is 0 Å². The minimum Gasteiger partial charge on any atom is -0.387 e. The average Bonchev–Trinajstić information content (AvgIpc) is 1.99. The largest absolute Gasteiger partial charge is 0.387 e. The molecule has 0 amide bonds. The molecule has 5 heteroatoms. The van der Waals surface area contributed by atoms with E-state index in [1.54, 1.807) is 13.8 Å². The second-order valence-corrected chi connectivity index (χ2v) is 4.54. The van der Waals surface area contributed by atoms with Crippen LogP contribution in [0.5, 0.6) is 0 Å². The number of aliphatic hydroxyl groups is 1. The van der Waals surface area contributed by atoms with Crippen LogP contribution in [0.25, 0.3) is 0 Å². The lowest BCUT2D eigenvalue weighted by atomic mass is 9.99. The maximum atomic E-state index is 10.6. The monoisotopic (exact) mass is 196 g/mol. The molecule has 0 bridgehead atoms. The maximum Gasteiger partial charge on any atom is 0.264 e. The van der Waals surface area contributed by atoms with Crippen LogP contribution < -0.4 is 0 Å². The number of rotatable bonds is 5. The lowest BCUT2D eigenvalue weighted by molar-refractivity contribution is -0.00915. The predicted molar refractivity (Wildman–Crippen MR) is 46.3 cm³/mol. The first-order chi connectivity index (χ1) is 5.33. The molecule has 1 N–H and O–H groups in total.